The third kappa shape index (κ3) is 3.11. The van der Waals surface area contributed by atoms with Gasteiger partial charge in [0.2, 0.25) is 0 Å². The number of halogens is 4. The molecule has 2 rings (SSSR count). The van der Waals surface area contributed by atoms with Gasteiger partial charge in [0.25, 0.3) is 0 Å². The molecule has 0 bridgehead atoms. The van der Waals surface area contributed by atoms with Crippen molar-refractivity contribution in [2.75, 3.05) is 0 Å². The summed E-state index contributed by atoms with van der Waals surface area (Å²) in [6.45, 7) is 1.68. The molecule has 100 valence electrons. The van der Waals surface area contributed by atoms with Crippen LogP contribution in [0.1, 0.15) is 22.7 Å². The van der Waals surface area contributed by atoms with Crippen LogP contribution in [0, 0.1) is 12.7 Å². The van der Waals surface area contributed by atoms with Crippen LogP contribution in [0.15, 0.2) is 34.8 Å². The van der Waals surface area contributed by atoms with Crippen molar-refractivity contribution in [2.24, 2.45) is 5.73 Å². The lowest BCUT2D eigenvalue weighted by Gasteiger charge is -2.17. The van der Waals surface area contributed by atoms with Crippen molar-refractivity contribution in [1.29, 1.82) is 0 Å². The predicted molar refractivity (Wildman–Crippen MR) is 81.3 cm³/mol. The summed E-state index contributed by atoms with van der Waals surface area (Å²) in [4.78, 5) is 0. The van der Waals surface area contributed by atoms with Gasteiger partial charge in [0.05, 0.1) is 6.04 Å². The Morgan fingerprint density at radius 1 is 1.16 bits per heavy atom. The molecule has 0 spiro atoms. The summed E-state index contributed by atoms with van der Waals surface area (Å²) >= 11 is 15.4. The first-order chi connectivity index (χ1) is 8.90. The monoisotopic (exact) mass is 361 g/mol. The van der Waals surface area contributed by atoms with Gasteiger partial charge in [-0.2, -0.15) is 0 Å². The molecule has 0 aliphatic rings. The maximum Gasteiger partial charge on any atom is 0.127 e. The molecule has 0 saturated carbocycles. The van der Waals surface area contributed by atoms with Crippen LogP contribution in [0.4, 0.5) is 4.39 Å². The summed E-state index contributed by atoms with van der Waals surface area (Å²) in [6, 6.07) is 7.86. The number of aryl methyl sites for hydroxylation is 1. The molecule has 2 aromatic rings. The van der Waals surface area contributed by atoms with E-state index in [9.17, 15) is 4.39 Å². The molecule has 0 saturated heterocycles. The molecule has 0 aliphatic carbocycles. The number of hydrogen-bond acceptors (Lipinski definition) is 1. The third-order valence-corrected chi connectivity index (χ3v) is 4.16. The Morgan fingerprint density at radius 2 is 1.84 bits per heavy atom. The number of benzene rings is 2. The van der Waals surface area contributed by atoms with E-state index in [4.69, 9.17) is 28.9 Å². The van der Waals surface area contributed by atoms with Gasteiger partial charge < -0.3 is 5.73 Å². The fourth-order valence-corrected chi connectivity index (χ4v) is 3.04. The van der Waals surface area contributed by atoms with E-state index in [-0.39, 0.29) is 5.82 Å². The first-order valence-corrected chi connectivity index (χ1v) is 7.11. The quantitative estimate of drug-likeness (QED) is 0.775. The topological polar surface area (TPSA) is 26.0 Å². The molecule has 0 aromatic heterocycles. The lowest BCUT2D eigenvalue weighted by Crippen LogP contribution is -2.13. The Balaban J connectivity index is 2.49. The molecule has 1 nitrogen and oxygen atoms in total. The Hall–Kier alpha value is -0.610. The average Bonchev–Trinajstić information content (AvgIpc) is 2.33. The molecule has 2 aromatic carbocycles. The summed E-state index contributed by atoms with van der Waals surface area (Å²) in [6.07, 6.45) is 0. The highest BCUT2D eigenvalue weighted by Crippen LogP contribution is 2.33. The molecule has 0 heterocycles. The maximum atomic E-state index is 13.4. The molecular weight excluding hydrogens is 352 g/mol. The van der Waals surface area contributed by atoms with Gasteiger partial charge in [-0.1, -0.05) is 45.2 Å². The van der Waals surface area contributed by atoms with E-state index in [1.54, 1.807) is 25.1 Å². The minimum atomic E-state index is -0.446. The summed E-state index contributed by atoms with van der Waals surface area (Å²) in [5.74, 6) is -0.337. The van der Waals surface area contributed by atoms with E-state index < -0.39 is 6.04 Å². The summed E-state index contributed by atoms with van der Waals surface area (Å²) in [5, 5.41) is 0.932. The van der Waals surface area contributed by atoms with Gasteiger partial charge in [-0.15, -0.1) is 0 Å². The fourth-order valence-electron chi connectivity index (χ4n) is 1.84. The zero-order valence-corrected chi connectivity index (χ0v) is 13.2. The van der Waals surface area contributed by atoms with E-state index in [0.29, 0.717) is 21.2 Å². The van der Waals surface area contributed by atoms with E-state index in [0.717, 1.165) is 10.0 Å². The van der Waals surface area contributed by atoms with Gasteiger partial charge in [0, 0.05) is 14.5 Å². The molecule has 5 heteroatoms. The van der Waals surface area contributed by atoms with Crippen LogP contribution < -0.4 is 5.73 Å². The van der Waals surface area contributed by atoms with Crippen molar-refractivity contribution < 1.29 is 4.39 Å². The fraction of sp³-hybridized carbons (Fsp3) is 0.143. The van der Waals surface area contributed by atoms with Crippen molar-refractivity contribution in [1.82, 2.24) is 0 Å². The molecule has 0 amide bonds. The highest BCUT2D eigenvalue weighted by molar-refractivity contribution is 9.10. The second-order valence-corrected chi connectivity index (χ2v) is 5.96. The lowest BCUT2D eigenvalue weighted by molar-refractivity contribution is 0.617. The largest absolute Gasteiger partial charge is 0.320 e. The van der Waals surface area contributed by atoms with Crippen LogP contribution in [-0.2, 0) is 0 Å². The molecule has 2 N–H and O–H groups in total. The summed E-state index contributed by atoms with van der Waals surface area (Å²) in [7, 11) is 0. The Bertz CT molecular complexity index is 631. The van der Waals surface area contributed by atoms with Crippen LogP contribution in [0.25, 0.3) is 0 Å². The highest BCUT2D eigenvalue weighted by atomic mass is 79.9. The normalized spacial score (nSPS) is 12.5. The van der Waals surface area contributed by atoms with Gasteiger partial charge in [0.15, 0.2) is 0 Å². The van der Waals surface area contributed by atoms with E-state index in [1.807, 2.05) is 6.07 Å². The number of nitrogens with two attached hydrogens (primary N) is 1. The van der Waals surface area contributed by atoms with Crippen LogP contribution in [0.5, 0.6) is 0 Å². The Morgan fingerprint density at radius 3 is 2.47 bits per heavy atom. The van der Waals surface area contributed by atoms with Crippen molar-refractivity contribution in [3.05, 3.63) is 67.4 Å². The first-order valence-electron chi connectivity index (χ1n) is 5.56. The number of rotatable bonds is 2. The molecule has 19 heavy (non-hydrogen) atoms. The van der Waals surface area contributed by atoms with Gasteiger partial charge in [-0.3, -0.25) is 0 Å². The zero-order chi connectivity index (χ0) is 14.2. The lowest BCUT2D eigenvalue weighted by atomic mass is 9.98. The molecular formula is C14H11BrCl2FN. The SMILES string of the molecule is Cc1cc(C(N)c2ccc(Cl)cc2Br)c(Cl)cc1F. The predicted octanol–water partition coefficient (Wildman–Crippen LogP) is 5.25. The second kappa shape index (κ2) is 5.80. The molecule has 1 atom stereocenters. The minimum absolute atomic E-state index is 0.317. The van der Waals surface area contributed by atoms with Crippen molar-refractivity contribution in [3.8, 4) is 0 Å². The minimum Gasteiger partial charge on any atom is -0.320 e. The zero-order valence-electron chi connectivity index (χ0n) is 10.1. The molecule has 0 aliphatic heterocycles. The van der Waals surface area contributed by atoms with E-state index in [2.05, 4.69) is 15.9 Å². The third-order valence-electron chi connectivity index (χ3n) is 2.91. The Kier molecular flexibility index (Phi) is 4.51. The summed E-state index contributed by atoms with van der Waals surface area (Å²) < 4.78 is 14.2. The summed E-state index contributed by atoms with van der Waals surface area (Å²) in [5.41, 5.74) is 8.25. The van der Waals surface area contributed by atoms with Gasteiger partial charge >= 0.3 is 0 Å². The maximum absolute atomic E-state index is 13.4. The number of hydrogen-bond donors (Lipinski definition) is 1. The first kappa shape index (κ1) is 14.8. The van der Waals surface area contributed by atoms with Gasteiger partial charge in [-0.05, 0) is 47.9 Å². The second-order valence-electron chi connectivity index (χ2n) is 4.27. The molecule has 0 radical (unpaired) electrons. The van der Waals surface area contributed by atoms with E-state index in [1.165, 1.54) is 6.07 Å². The van der Waals surface area contributed by atoms with Crippen LogP contribution >= 0.6 is 39.1 Å². The van der Waals surface area contributed by atoms with Gasteiger partial charge in [-0.25, -0.2) is 4.39 Å². The van der Waals surface area contributed by atoms with Crippen LogP contribution in [0.2, 0.25) is 10.0 Å². The molecule has 1 unspecified atom stereocenters. The smallest absolute Gasteiger partial charge is 0.127 e. The Labute approximate surface area is 129 Å². The average molecular weight is 363 g/mol. The molecule has 0 fully saturated rings. The van der Waals surface area contributed by atoms with Gasteiger partial charge in [0.1, 0.15) is 5.82 Å². The van der Waals surface area contributed by atoms with Crippen molar-refractivity contribution >= 4 is 39.1 Å². The van der Waals surface area contributed by atoms with Crippen LogP contribution in [0.3, 0.4) is 0 Å². The van der Waals surface area contributed by atoms with Crippen LogP contribution in [-0.4, -0.2) is 0 Å². The van der Waals surface area contributed by atoms with E-state index >= 15 is 0 Å². The standard InChI is InChI=1S/C14H11BrCl2FN/c1-7-4-10(12(17)6-13(7)18)14(19)9-3-2-8(16)5-11(9)15/h2-6,14H,19H2,1H3. The van der Waals surface area contributed by atoms with Crippen molar-refractivity contribution in [3.63, 3.8) is 0 Å². The highest BCUT2D eigenvalue weighted by Gasteiger charge is 2.17. The van der Waals surface area contributed by atoms with Crippen molar-refractivity contribution in [2.45, 2.75) is 13.0 Å².